The summed E-state index contributed by atoms with van der Waals surface area (Å²) in [6, 6.07) is 3.68. The number of carbonyl (C=O) groups excluding carboxylic acids is 1. The molecule has 0 unspecified atom stereocenters. The number of hydrogen-bond donors (Lipinski definition) is 1. The molecule has 96 valence electrons. The highest BCUT2D eigenvalue weighted by molar-refractivity contribution is 6.10. The van der Waals surface area contributed by atoms with E-state index >= 15 is 0 Å². The van der Waals surface area contributed by atoms with E-state index in [1.165, 1.54) is 0 Å². The van der Waals surface area contributed by atoms with Gasteiger partial charge in [0.1, 0.15) is 0 Å². The van der Waals surface area contributed by atoms with E-state index in [-0.39, 0.29) is 11.3 Å². The predicted octanol–water partition coefficient (Wildman–Crippen LogP) is 2.01. The summed E-state index contributed by atoms with van der Waals surface area (Å²) in [7, 11) is 1.59. The van der Waals surface area contributed by atoms with Gasteiger partial charge in [-0.2, -0.15) is 0 Å². The van der Waals surface area contributed by atoms with Gasteiger partial charge in [-0.15, -0.1) is 0 Å². The molecule has 0 radical (unpaired) electrons. The molecule has 2 aliphatic rings. The van der Waals surface area contributed by atoms with Crippen LogP contribution in [0.1, 0.15) is 24.8 Å². The van der Waals surface area contributed by atoms with Crippen molar-refractivity contribution < 1.29 is 9.53 Å². The Morgan fingerprint density at radius 1 is 1.37 bits per heavy atom. The molecule has 1 spiro atoms. The predicted molar refractivity (Wildman–Crippen MR) is 70.2 cm³/mol. The van der Waals surface area contributed by atoms with Gasteiger partial charge in [0.25, 0.3) is 0 Å². The van der Waals surface area contributed by atoms with E-state index in [2.05, 4.69) is 15.3 Å². The van der Waals surface area contributed by atoms with Crippen LogP contribution in [0.3, 0.4) is 0 Å². The van der Waals surface area contributed by atoms with Crippen molar-refractivity contribution in [3.63, 3.8) is 0 Å². The van der Waals surface area contributed by atoms with Crippen LogP contribution in [-0.4, -0.2) is 23.0 Å². The maximum atomic E-state index is 12.2. The highest BCUT2D eigenvalue weighted by atomic mass is 16.5. The fraction of sp³-hybridized carbons (Fsp3) is 0.357. The van der Waals surface area contributed by atoms with Crippen molar-refractivity contribution in [1.29, 1.82) is 0 Å². The minimum atomic E-state index is -0.379. The molecule has 4 rings (SSSR count). The molecule has 1 fully saturated rings. The van der Waals surface area contributed by atoms with Crippen molar-refractivity contribution in [1.82, 2.24) is 9.97 Å². The SMILES string of the molecule is COc1ccc2ncc3c(c2n1)C1(CCC1)C(=O)N3. The Morgan fingerprint density at radius 2 is 2.21 bits per heavy atom. The number of ether oxygens (including phenoxy) is 1. The lowest BCUT2D eigenvalue weighted by molar-refractivity contribution is -0.123. The highest BCUT2D eigenvalue weighted by Gasteiger charge is 2.52. The lowest BCUT2D eigenvalue weighted by Gasteiger charge is -2.36. The van der Waals surface area contributed by atoms with Crippen molar-refractivity contribution in [3.05, 3.63) is 23.9 Å². The molecule has 1 aliphatic heterocycles. The second-order valence-electron chi connectivity index (χ2n) is 5.16. The first-order valence-corrected chi connectivity index (χ1v) is 6.40. The van der Waals surface area contributed by atoms with Gasteiger partial charge in [-0.25, -0.2) is 4.98 Å². The fourth-order valence-corrected chi connectivity index (χ4v) is 3.10. The minimum Gasteiger partial charge on any atom is -0.481 e. The Bertz CT molecular complexity index is 707. The Kier molecular flexibility index (Phi) is 1.94. The first-order valence-electron chi connectivity index (χ1n) is 6.40. The van der Waals surface area contributed by atoms with Gasteiger partial charge in [-0.1, -0.05) is 6.42 Å². The van der Waals surface area contributed by atoms with Crippen LogP contribution in [0.15, 0.2) is 18.3 Å². The number of amides is 1. The number of hydrogen-bond acceptors (Lipinski definition) is 4. The van der Waals surface area contributed by atoms with E-state index in [0.717, 1.165) is 41.5 Å². The maximum Gasteiger partial charge on any atom is 0.235 e. The smallest absolute Gasteiger partial charge is 0.235 e. The third kappa shape index (κ3) is 1.22. The van der Waals surface area contributed by atoms with E-state index in [4.69, 9.17) is 4.74 Å². The van der Waals surface area contributed by atoms with Crippen LogP contribution in [0, 0.1) is 0 Å². The molecule has 3 heterocycles. The molecule has 5 heteroatoms. The van der Waals surface area contributed by atoms with Crippen LogP contribution in [-0.2, 0) is 10.2 Å². The largest absolute Gasteiger partial charge is 0.481 e. The molecule has 2 aromatic rings. The van der Waals surface area contributed by atoms with Crippen LogP contribution >= 0.6 is 0 Å². The van der Waals surface area contributed by atoms with Crippen molar-refractivity contribution in [2.45, 2.75) is 24.7 Å². The van der Waals surface area contributed by atoms with E-state index in [9.17, 15) is 4.79 Å². The zero-order valence-electron chi connectivity index (χ0n) is 10.6. The number of fused-ring (bicyclic) bond motifs is 4. The second-order valence-corrected chi connectivity index (χ2v) is 5.16. The Balaban J connectivity index is 2.06. The minimum absolute atomic E-state index is 0.0904. The molecular weight excluding hydrogens is 242 g/mol. The molecule has 0 atom stereocenters. The second kappa shape index (κ2) is 3.44. The molecule has 1 saturated carbocycles. The van der Waals surface area contributed by atoms with Gasteiger partial charge in [-0.3, -0.25) is 9.78 Å². The number of nitrogens with zero attached hydrogens (tertiary/aromatic N) is 2. The van der Waals surface area contributed by atoms with Crippen molar-refractivity contribution in [3.8, 4) is 5.88 Å². The summed E-state index contributed by atoms with van der Waals surface area (Å²) in [5.41, 5.74) is 3.03. The summed E-state index contributed by atoms with van der Waals surface area (Å²) in [5, 5.41) is 2.94. The summed E-state index contributed by atoms with van der Waals surface area (Å²) in [5.74, 6) is 0.643. The van der Waals surface area contributed by atoms with Crippen molar-refractivity contribution in [2.75, 3.05) is 12.4 Å². The zero-order valence-corrected chi connectivity index (χ0v) is 10.6. The zero-order chi connectivity index (χ0) is 13.0. The number of pyridine rings is 2. The molecule has 0 aromatic carbocycles. The van der Waals surface area contributed by atoms with Gasteiger partial charge in [-0.05, 0) is 18.9 Å². The molecule has 19 heavy (non-hydrogen) atoms. The van der Waals surface area contributed by atoms with Gasteiger partial charge < -0.3 is 10.1 Å². The Hall–Kier alpha value is -2.17. The average molecular weight is 255 g/mol. The maximum absolute atomic E-state index is 12.2. The number of methoxy groups -OCH3 is 1. The van der Waals surface area contributed by atoms with Crippen LogP contribution in [0.5, 0.6) is 5.88 Å². The monoisotopic (exact) mass is 255 g/mol. The van der Waals surface area contributed by atoms with E-state index < -0.39 is 0 Å². The van der Waals surface area contributed by atoms with Crippen LogP contribution in [0.4, 0.5) is 5.69 Å². The number of anilines is 1. The summed E-state index contributed by atoms with van der Waals surface area (Å²) < 4.78 is 5.18. The van der Waals surface area contributed by atoms with Gasteiger partial charge in [0.15, 0.2) is 0 Å². The number of aromatic nitrogens is 2. The quantitative estimate of drug-likeness (QED) is 0.846. The van der Waals surface area contributed by atoms with Crippen LogP contribution in [0.2, 0.25) is 0 Å². The highest BCUT2D eigenvalue weighted by Crippen LogP contribution is 2.52. The first kappa shape index (κ1) is 10.7. The van der Waals surface area contributed by atoms with Gasteiger partial charge in [0.05, 0.1) is 35.4 Å². The van der Waals surface area contributed by atoms with E-state index in [1.54, 1.807) is 19.4 Å². The molecule has 2 aromatic heterocycles. The summed E-state index contributed by atoms with van der Waals surface area (Å²) in [6.07, 6.45) is 4.60. The third-order valence-corrected chi connectivity index (χ3v) is 4.26. The van der Waals surface area contributed by atoms with Gasteiger partial charge in [0, 0.05) is 11.6 Å². The Morgan fingerprint density at radius 3 is 2.89 bits per heavy atom. The topological polar surface area (TPSA) is 64.1 Å². The van der Waals surface area contributed by atoms with Gasteiger partial charge >= 0.3 is 0 Å². The van der Waals surface area contributed by atoms with Crippen molar-refractivity contribution in [2.24, 2.45) is 0 Å². The first-order chi connectivity index (χ1) is 9.24. The standard InChI is InChI=1S/C14H13N3O2/c1-19-10-4-3-8-12(17-10)11-9(7-15-8)16-13(18)14(11)5-2-6-14/h3-4,7H,2,5-6H2,1H3,(H,16,18). The molecule has 1 aliphatic carbocycles. The fourth-order valence-electron chi connectivity index (χ4n) is 3.10. The van der Waals surface area contributed by atoms with E-state index in [0.29, 0.717) is 5.88 Å². The molecule has 5 nitrogen and oxygen atoms in total. The van der Waals surface area contributed by atoms with Gasteiger partial charge in [0.2, 0.25) is 11.8 Å². The number of carbonyl (C=O) groups is 1. The van der Waals surface area contributed by atoms with Crippen molar-refractivity contribution >= 4 is 22.6 Å². The molecule has 0 bridgehead atoms. The molecule has 0 saturated heterocycles. The Labute approximate surface area is 110 Å². The number of rotatable bonds is 1. The summed E-state index contributed by atoms with van der Waals surface area (Å²) in [4.78, 5) is 21.1. The van der Waals surface area contributed by atoms with Crippen LogP contribution < -0.4 is 10.1 Å². The van der Waals surface area contributed by atoms with Crippen LogP contribution in [0.25, 0.3) is 11.0 Å². The number of nitrogens with one attached hydrogen (secondary N) is 1. The molecule has 1 amide bonds. The lowest BCUT2D eigenvalue weighted by Crippen LogP contribution is -2.41. The normalized spacial score (nSPS) is 19.1. The molecule has 1 N–H and O–H groups in total. The summed E-state index contributed by atoms with van der Waals surface area (Å²) >= 11 is 0. The van der Waals surface area contributed by atoms with E-state index in [1.807, 2.05) is 6.07 Å². The lowest BCUT2D eigenvalue weighted by atomic mass is 9.65. The third-order valence-electron chi connectivity index (χ3n) is 4.26. The summed E-state index contributed by atoms with van der Waals surface area (Å²) in [6.45, 7) is 0. The molecular formula is C14H13N3O2. The average Bonchev–Trinajstić information content (AvgIpc) is 2.70.